The van der Waals surface area contributed by atoms with Gasteiger partial charge in [0.05, 0.1) is 19.4 Å². The van der Waals surface area contributed by atoms with Crippen LogP contribution in [0.2, 0.25) is 0 Å². The summed E-state index contributed by atoms with van der Waals surface area (Å²) in [7, 11) is 0. The van der Waals surface area contributed by atoms with Gasteiger partial charge in [0.25, 0.3) is 0 Å². The number of aliphatic hydroxyl groups is 1. The van der Waals surface area contributed by atoms with Crippen LogP contribution in [0.25, 0.3) is 0 Å². The van der Waals surface area contributed by atoms with Crippen LogP contribution in [0.1, 0.15) is 19.3 Å². The van der Waals surface area contributed by atoms with Crippen molar-refractivity contribution in [3.8, 4) is 11.8 Å². The van der Waals surface area contributed by atoms with Gasteiger partial charge in [0.2, 0.25) is 11.8 Å². The molecule has 1 aromatic heterocycles. The number of carbonyl (C=O) groups is 2. The molecule has 0 bridgehead atoms. The lowest BCUT2D eigenvalue weighted by atomic mass is 10.3. The van der Waals surface area contributed by atoms with E-state index in [1.807, 2.05) is 0 Å². The summed E-state index contributed by atoms with van der Waals surface area (Å²) in [6.07, 6.45) is -0.108. The van der Waals surface area contributed by atoms with E-state index in [2.05, 4.69) is 4.84 Å². The first-order chi connectivity index (χ1) is 9.04. The van der Waals surface area contributed by atoms with Gasteiger partial charge in [0, 0.05) is 25.2 Å². The molecule has 8 nitrogen and oxygen atoms in total. The molecule has 19 heavy (non-hydrogen) atoms. The molecule has 0 radical (unpaired) electrons. The number of hydrogen-bond acceptors (Lipinski definition) is 7. The van der Waals surface area contributed by atoms with Crippen LogP contribution in [0, 0.1) is 0 Å². The maximum atomic E-state index is 11.3. The second-order valence-electron chi connectivity index (χ2n) is 3.61. The van der Waals surface area contributed by atoms with Gasteiger partial charge >= 0.3 is 11.9 Å². The Kier molecular flexibility index (Phi) is 5.68. The van der Waals surface area contributed by atoms with Gasteiger partial charge in [-0.1, -0.05) is 0 Å². The van der Waals surface area contributed by atoms with Crippen LogP contribution in [0.4, 0.5) is 0 Å². The quantitative estimate of drug-likeness (QED) is 0.455. The first-order valence-electron chi connectivity index (χ1n) is 5.62. The highest BCUT2D eigenvalue weighted by atomic mass is 16.7. The molecule has 0 aliphatic rings. The van der Waals surface area contributed by atoms with Crippen molar-refractivity contribution in [2.24, 2.45) is 0 Å². The van der Waals surface area contributed by atoms with Gasteiger partial charge in [-0.15, -0.1) is 4.73 Å². The average molecular weight is 273 g/mol. The van der Waals surface area contributed by atoms with E-state index in [4.69, 9.17) is 9.84 Å². The fourth-order valence-corrected chi connectivity index (χ4v) is 1.17. The lowest BCUT2D eigenvalue weighted by Gasteiger charge is -2.06. The molecule has 0 amide bonds. The smallest absolute Gasteiger partial charge is 0.333 e. The second-order valence-corrected chi connectivity index (χ2v) is 3.61. The summed E-state index contributed by atoms with van der Waals surface area (Å²) in [6, 6.07) is 2.29. The minimum atomic E-state index is -0.805. The molecule has 1 rings (SSSR count). The summed E-state index contributed by atoms with van der Waals surface area (Å²) < 4.78 is 5.24. The number of aromatic nitrogens is 1. The molecule has 106 valence electrons. The lowest BCUT2D eigenvalue weighted by Crippen LogP contribution is -2.20. The van der Waals surface area contributed by atoms with Crippen LogP contribution >= 0.6 is 0 Å². The number of aliphatic hydroxyl groups excluding tert-OH is 1. The molecule has 0 saturated carbocycles. The zero-order valence-electron chi connectivity index (χ0n) is 10.1. The highest BCUT2D eigenvalue weighted by Crippen LogP contribution is 2.18. The lowest BCUT2D eigenvalue weighted by molar-refractivity contribution is -0.151. The molecule has 0 spiro atoms. The minimum Gasteiger partial charge on any atom is -0.492 e. The Hall–Kier alpha value is -2.22. The monoisotopic (exact) mass is 273 g/mol. The van der Waals surface area contributed by atoms with Crippen LogP contribution < -0.4 is 4.84 Å². The highest BCUT2D eigenvalue weighted by Gasteiger charge is 2.14. The van der Waals surface area contributed by atoms with E-state index >= 15 is 0 Å². The summed E-state index contributed by atoms with van der Waals surface area (Å²) in [6.45, 7) is 0.00502. The Bertz CT molecular complexity index is 421. The average Bonchev–Trinajstić information content (AvgIpc) is 2.68. The molecule has 0 fully saturated rings. The van der Waals surface area contributed by atoms with Crippen molar-refractivity contribution in [3.05, 3.63) is 12.1 Å². The Labute approximate surface area is 108 Å². The topological polar surface area (TPSA) is 118 Å². The molecule has 8 heteroatoms. The van der Waals surface area contributed by atoms with Crippen molar-refractivity contribution < 1.29 is 34.5 Å². The van der Waals surface area contributed by atoms with Gasteiger partial charge in [0.1, 0.15) is 0 Å². The summed E-state index contributed by atoms with van der Waals surface area (Å²) in [5.74, 6) is -2.26. The predicted molar refractivity (Wildman–Crippen MR) is 61.2 cm³/mol. The molecule has 0 aliphatic carbocycles. The van der Waals surface area contributed by atoms with Crippen molar-refractivity contribution in [1.82, 2.24) is 4.73 Å². The Morgan fingerprint density at radius 1 is 1.11 bits per heavy atom. The predicted octanol–water partition coefficient (Wildman–Crippen LogP) is -0.440. The van der Waals surface area contributed by atoms with E-state index in [0.717, 1.165) is 12.1 Å². The summed E-state index contributed by atoms with van der Waals surface area (Å²) >= 11 is 0. The van der Waals surface area contributed by atoms with E-state index < -0.39 is 23.7 Å². The Morgan fingerprint density at radius 2 is 1.68 bits per heavy atom. The van der Waals surface area contributed by atoms with Crippen LogP contribution in [0.3, 0.4) is 0 Å². The number of carbonyl (C=O) groups excluding carboxylic acids is 2. The fraction of sp³-hybridized carbons (Fsp3) is 0.455. The van der Waals surface area contributed by atoms with E-state index in [0.29, 0.717) is 11.2 Å². The van der Waals surface area contributed by atoms with E-state index in [9.17, 15) is 19.8 Å². The van der Waals surface area contributed by atoms with Crippen LogP contribution in [0.15, 0.2) is 12.1 Å². The van der Waals surface area contributed by atoms with Crippen molar-refractivity contribution in [2.45, 2.75) is 19.3 Å². The van der Waals surface area contributed by atoms with Crippen molar-refractivity contribution in [2.75, 3.05) is 13.2 Å². The molecule has 0 atom stereocenters. The van der Waals surface area contributed by atoms with Crippen molar-refractivity contribution in [3.63, 3.8) is 0 Å². The zero-order valence-corrected chi connectivity index (χ0v) is 10.1. The van der Waals surface area contributed by atoms with Crippen LogP contribution in [-0.4, -0.2) is 45.2 Å². The number of nitrogens with zero attached hydrogens (tertiary/aromatic N) is 1. The zero-order chi connectivity index (χ0) is 14.3. The van der Waals surface area contributed by atoms with Gasteiger partial charge < -0.3 is 24.9 Å². The molecule has 0 saturated heterocycles. The van der Waals surface area contributed by atoms with E-state index in [-0.39, 0.29) is 26.1 Å². The van der Waals surface area contributed by atoms with Gasteiger partial charge in [-0.2, -0.15) is 0 Å². The van der Waals surface area contributed by atoms with E-state index in [1.54, 1.807) is 0 Å². The number of hydrogen-bond donors (Lipinski definition) is 3. The highest BCUT2D eigenvalue weighted by molar-refractivity contribution is 5.77. The molecule has 0 unspecified atom stereocenters. The molecular weight excluding hydrogens is 258 g/mol. The number of rotatable bonds is 7. The number of aromatic hydroxyl groups is 2. The molecule has 0 aliphatic heterocycles. The number of esters is 1. The third-order valence-corrected chi connectivity index (χ3v) is 2.09. The second kappa shape index (κ2) is 7.27. The van der Waals surface area contributed by atoms with Crippen LogP contribution in [0.5, 0.6) is 11.8 Å². The summed E-state index contributed by atoms with van der Waals surface area (Å²) in [5.41, 5.74) is 0. The number of ether oxygens (including phenoxy) is 1. The minimum absolute atomic E-state index is 0.0818. The van der Waals surface area contributed by atoms with E-state index in [1.165, 1.54) is 0 Å². The standard InChI is InChI=1S/C11H15NO7/c13-6-1-7-18-10(16)4-5-11(17)19-12-8(14)2-3-9(12)15/h2-3,13-15H,1,4-7H2. The third-order valence-electron chi connectivity index (χ3n) is 2.09. The molecule has 0 aromatic carbocycles. The normalized spacial score (nSPS) is 10.2. The maximum absolute atomic E-state index is 11.3. The van der Waals surface area contributed by atoms with Crippen LogP contribution in [-0.2, 0) is 14.3 Å². The summed E-state index contributed by atoms with van der Waals surface area (Å²) in [4.78, 5) is 27.1. The fourth-order valence-electron chi connectivity index (χ4n) is 1.17. The summed E-state index contributed by atoms with van der Waals surface area (Å²) in [5, 5.41) is 26.9. The molecule has 3 N–H and O–H groups in total. The van der Waals surface area contributed by atoms with Gasteiger partial charge in [-0.25, -0.2) is 4.79 Å². The largest absolute Gasteiger partial charge is 0.492 e. The molecule has 1 aromatic rings. The first kappa shape index (κ1) is 14.8. The molecular formula is C11H15NO7. The van der Waals surface area contributed by atoms with Crippen molar-refractivity contribution in [1.29, 1.82) is 0 Å². The maximum Gasteiger partial charge on any atom is 0.333 e. The Morgan fingerprint density at radius 3 is 2.26 bits per heavy atom. The molecule has 1 heterocycles. The SMILES string of the molecule is O=C(CCC(=O)On1c(O)ccc1O)OCCCO. The first-order valence-corrected chi connectivity index (χ1v) is 5.62. The van der Waals surface area contributed by atoms with Gasteiger partial charge in [-0.05, 0) is 0 Å². The van der Waals surface area contributed by atoms with Crippen molar-refractivity contribution >= 4 is 11.9 Å². The third kappa shape index (κ3) is 4.88. The Balaban J connectivity index is 2.30. The van der Waals surface area contributed by atoms with Gasteiger partial charge in [0.15, 0.2) is 0 Å². The van der Waals surface area contributed by atoms with Gasteiger partial charge in [-0.3, -0.25) is 4.79 Å².